The smallest absolute Gasteiger partial charge is 0.222 e. The van der Waals surface area contributed by atoms with E-state index < -0.39 is 0 Å². The van der Waals surface area contributed by atoms with Gasteiger partial charge < -0.3 is 9.80 Å². The van der Waals surface area contributed by atoms with E-state index in [4.69, 9.17) is 0 Å². The van der Waals surface area contributed by atoms with Crippen LogP contribution in [0.4, 0.5) is 10.1 Å². The second kappa shape index (κ2) is 8.59. The molecule has 0 radical (unpaired) electrons. The Kier molecular flexibility index (Phi) is 5.96. The highest BCUT2D eigenvalue weighted by Gasteiger charge is 2.30. The maximum atomic E-state index is 13.2. The SMILES string of the molecule is O=C(CC1CCCC1)N1CCCN(C2CCN(c3ccc(F)cc3)C2)CC1. The maximum Gasteiger partial charge on any atom is 0.222 e. The molecule has 0 aromatic heterocycles. The highest BCUT2D eigenvalue weighted by Crippen LogP contribution is 2.28. The molecule has 4 rings (SSSR count). The van der Waals surface area contributed by atoms with Crippen molar-refractivity contribution in [2.45, 2.75) is 51.0 Å². The van der Waals surface area contributed by atoms with Crippen LogP contribution < -0.4 is 4.90 Å². The molecule has 4 nitrogen and oxygen atoms in total. The fourth-order valence-electron chi connectivity index (χ4n) is 5.07. The standard InChI is InChI=1S/C22H32FN3O/c23-19-6-8-20(9-7-19)26-13-10-21(17-26)24-11-3-12-25(15-14-24)22(27)16-18-4-1-2-5-18/h6-9,18,21H,1-5,10-17H2. The Labute approximate surface area is 162 Å². The molecule has 2 saturated heterocycles. The van der Waals surface area contributed by atoms with Crippen LogP contribution in [0.1, 0.15) is 44.9 Å². The first kappa shape index (κ1) is 18.7. The predicted molar refractivity (Wildman–Crippen MR) is 106 cm³/mol. The Bertz CT molecular complexity index is 629. The van der Waals surface area contributed by atoms with Crippen molar-refractivity contribution in [1.82, 2.24) is 9.80 Å². The van der Waals surface area contributed by atoms with Gasteiger partial charge in [0.1, 0.15) is 5.82 Å². The Morgan fingerprint density at radius 3 is 2.48 bits per heavy atom. The van der Waals surface area contributed by atoms with Gasteiger partial charge in [-0.2, -0.15) is 0 Å². The van der Waals surface area contributed by atoms with Crippen LogP contribution in [-0.4, -0.2) is 61.0 Å². The Morgan fingerprint density at radius 2 is 1.70 bits per heavy atom. The van der Waals surface area contributed by atoms with E-state index in [2.05, 4.69) is 14.7 Å². The molecule has 1 saturated carbocycles. The molecule has 0 N–H and O–H groups in total. The van der Waals surface area contributed by atoms with Crippen molar-refractivity contribution in [3.63, 3.8) is 0 Å². The Hall–Kier alpha value is -1.62. The van der Waals surface area contributed by atoms with Crippen LogP contribution in [0.15, 0.2) is 24.3 Å². The first-order chi connectivity index (χ1) is 13.2. The zero-order valence-corrected chi connectivity index (χ0v) is 16.3. The number of carbonyl (C=O) groups excluding carboxylic acids is 1. The van der Waals surface area contributed by atoms with E-state index in [-0.39, 0.29) is 5.82 Å². The van der Waals surface area contributed by atoms with Crippen molar-refractivity contribution in [1.29, 1.82) is 0 Å². The van der Waals surface area contributed by atoms with Gasteiger partial charge in [-0.25, -0.2) is 4.39 Å². The molecule has 2 heterocycles. The number of hydrogen-bond donors (Lipinski definition) is 0. The summed E-state index contributed by atoms with van der Waals surface area (Å²) in [5.74, 6) is 0.837. The van der Waals surface area contributed by atoms with Crippen LogP contribution in [0.2, 0.25) is 0 Å². The topological polar surface area (TPSA) is 26.8 Å². The highest BCUT2D eigenvalue weighted by molar-refractivity contribution is 5.76. The third kappa shape index (κ3) is 4.63. The van der Waals surface area contributed by atoms with Crippen molar-refractivity contribution in [2.24, 2.45) is 5.92 Å². The van der Waals surface area contributed by atoms with Crippen molar-refractivity contribution in [2.75, 3.05) is 44.2 Å². The molecule has 3 fully saturated rings. The fraction of sp³-hybridized carbons (Fsp3) is 0.682. The van der Waals surface area contributed by atoms with E-state index in [0.717, 1.165) is 64.2 Å². The number of nitrogens with zero attached hydrogens (tertiary/aromatic N) is 3. The van der Waals surface area contributed by atoms with E-state index in [1.165, 1.54) is 25.7 Å². The van der Waals surface area contributed by atoms with Gasteiger partial charge >= 0.3 is 0 Å². The minimum Gasteiger partial charge on any atom is -0.370 e. The molecule has 0 spiro atoms. The Balaban J connectivity index is 1.28. The molecule has 1 unspecified atom stereocenters. The summed E-state index contributed by atoms with van der Waals surface area (Å²) in [5, 5.41) is 0. The van der Waals surface area contributed by atoms with Crippen LogP contribution in [0.3, 0.4) is 0 Å². The lowest BCUT2D eigenvalue weighted by molar-refractivity contribution is -0.132. The molecule has 3 aliphatic rings. The summed E-state index contributed by atoms with van der Waals surface area (Å²) < 4.78 is 13.2. The van der Waals surface area contributed by atoms with Gasteiger partial charge in [0, 0.05) is 57.4 Å². The molecule has 1 aromatic rings. The minimum absolute atomic E-state index is 0.177. The van der Waals surface area contributed by atoms with Crippen molar-refractivity contribution >= 4 is 11.6 Å². The van der Waals surface area contributed by atoms with Crippen LogP contribution >= 0.6 is 0 Å². The van der Waals surface area contributed by atoms with E-state index in [9.17, 15) is 9.18 Å². The van der Waals surface area contributed by atoms with Crippen LogP contribution in [0, 0.1) is 11.7 Å². The number of rotatable bonds is 4. The number of anilines is 1. The maximum absolute atomic E-state index is 13.2. The van der Waals surface area contributed by atoms with E-state index in [1.54, 1.807) is 12.1 Å². The molecular weight excluding hydrogens is 341 g/mol. The van der Waals surface area contributed by atoms with Gasteiger partial charge in [0.25, 0.3) is 0 Å². The monoisotopic (exact) mass is 373 g/mol. The van der Waals surface area contributed by atoms with Crippen molar-refractivity contribution < 1.29 is 9.18 Å². The summed E-state index contributed by atoms with van der Waals surface area (Å²) >= 11 is 0. The second-order valence-electron chi connectivity index (χ2n) is 8.49. The van der Waals surface area contributed by atoms with Gasteiger partial charge in [0.15, 0.2) is 0 Å². The van der Waals surface area contributed by atoms with Crippen LogP contribution in [0.5, 0.6) is 0 Å². The normalized spacial score (nSPS) is 25.1. The molecule has 1 amide bonds. The van der Waals surface area contributed by atoms with Gasteiger partial charge in [-0.15, -0.1) is 0 Å². The minimum atomic E-state index is -0.177. The van der Waals surface area contributed by atoms with Crippen molar-refractivity contribution in [3.05, 3.63) is 30.1 Å². The lowest BCUT2D eigenvalue weighted by Gasteiger charge is -2.28. The fourth-order valence-corrected chi connectivity index (χ4v) is 5.07. The van der Waals surface area contributed by atoms with E-state index in [1.807, 2.05) is 12.1 Å². The third-order valence-corrected chi connectivity index (χ3v) is 6.69. The predicted octanol–water partition coefficient (Wildman–Crippen LogP) is 3.52. The number of amides is 1. The summed E-state index contributed by atoms with van der Waals surface area (Å²) in [6, 6.07) is 7.39. The molecule has 2 aliphatic heterocycles. The average Bonchev–Trinajstić information content (AvgIpc) is 3.30. The third-order valence-electron chi connectivity index (χ3n) is 6.69. The Morgan fingerprint density at radius 1 is 0.926 bits per heavy atom. The number of hydrogen-bond acceptors (Lipinski definition) is 3. The first-order valence-electron chi connectivity index (χ1n) is 10.7. The summed E-state index contributed by atoms with van der Waals surface area (Å²) in [4.78, 5) is 19.7. The van der Waals surface area contributed by atoms with Crippen LogP contribution in [0.25, 0.3) is 0 Å². The average molecular weight is 374 g/mol. The number of halogens is 1. The van der Waals surface area contributed by atoms with Gasteiger partial charge in [-0.05, 0) is 55.9 Å². The molecule has 148 valence electrons. The molecule has 1 aliphatic carbocycles. The lowest BCUT2D eigenvalue weighted by atomic mass is 10.0. The molecule has 27 heavy (non-hydrogen) atoms. The zero-order chi connectivity index (χ0) is 18.6. The molecule has 5 heteroatoms. The highest BCUT2D eigenvalue weighted by atomic mass is 19.1. The van der Waals surface area contributed by atoms with Crippen LogP contribution in [-0.2, 0) is 4.79 Å². The first-order valence-corrected chi connectivity index (χ1v) is 10.7. The number of benzene rings is 1. The summed E-state index contributed by atoms with van der Waals surface area (Å²) in [6.45, 7) is 5.88. The molecule has 1 aromatic carbocycles. The summed E-state index contributed by atoms with van der Waals surface area (Å²) in [5.41, 5.74) is 1.11. The van der Waals surface area contributed by atoms with E-state index in [0.29, 0.717) is 17.9 Å². The quantitative estimate of drug-likeness (QED) is 0.808. The summed E-state index contributed by atoms with van der Waals surface area (Å²) in [7, 11) is 0. The van der Waals surface area contributed by atoms with Crippen molar-refractivity contribution in [3.8, 4) is 0 Å². The summed E-state index contributed by atoms with van der Waals surface area (Å²) in [6.07, 6.45) is 8.08. The number of carbonyl (C=O) groups is 1. The molecule has 1 atom stereocenters. The van der Waals surface area contributed by atoms with E-state index >= 15 is 0 Å². The van der Waals surface area contributed by atoms with Gasteiger partial charge in [0.05, 0.1) is 0 Å². The lowest BCUT2D eigenvalue weighted by Crippen LogP contribution is -2.41. The zero-order valence-electron chi connectivity index (χ0n) is 16.3. The molecular formula is C22H32FN3O. The molecule has 0 bridgehead atoms. The van der Waals surface area contributed by atoms with Gasteiger partial charge in [0.2, 0.25) is 5.91 Å². The van der Waals surface area contributed by atoms with Gasteiger partial charge in [-0.3, -0.25) is 9.69 Å². The largest absolute Gasteiger partial charge is 0.370 e. The second-order valence-corrected chi connectivity index (χ2v) is 8.49. The van der Waals surface area contributed by atoms with Gasteiger partial charge in [-0.1, -0.05) is 12.8 Å².